The van der Waals surface area contributed by atoms with Crippen LogP contribution in [0.5, 0.6) is 0 Å². The highest BCUT2D eigenvalue weighted by atomic mass is 19.4. The lowest BCUT2D eigenvalue weighted by atomic mass is 10.1. The Bertz CT molecular complexity index is 316. The molecule has 0 aliphatic carbocycles. The predicted octanol–water partition coefficient (Wildman–Crippen LogP) is 2.97. The maximum atomic E-state index is 12.1. The van der Waals surface area contributed by atoms with Crippen molar-refractivity contribution in [3.8, 4) is 0 Å². The minimum atomic E-state index is -4.46. The van der Waals surface area contributed by atoms with Crippen LogP contribution in [-0.2, 0) is 6.18 Å². The SMILES string of the molecule is N[C@H](c1ccc(C(F)(F)F)cc1)C(F)F. The zero-order chi connectivity index (χ0) is 11.6. The summed E-state index contributed by atoms with van der Waals surface area (Å²) in [5.74, 6) is 0. The van der Waals surface area contributed by atoms with Crippen LogP contribution < -0.4 is 5.73 Å². The van der Waals surface area contributed by atoms with E-state index in [0.29, 0.717) is 0 Å². The third-order valence-corrected chi connectivity index (χ3v) is 1.89. The maximum Gasteiger partial charge on any atom is 0.416 e. The lowest BCUT2D eigenvalue weighted by Gasteiger charge is -2.12. The second-order valence-electron chi connectivity index (χ2n) is 2.98. The van der Waals surface area contributed by atoms with E-state index in [2.05, 4.69) is 0 Å². The van der Waals surface area contributed by atoms with Crippen LogP contribution >= 0.6 is 0 Å². The molecule has 6 heteroatoms. The van der Waals surface area contributed by atoms with E-state index in [9.17, 15) is 22.0 Å². The Morgan fingerprint density at radius 2 is 1.47 bits per heavy atom. The minimum Gasteiger partial charge on any atom is -0.319 e. The number of rotatable bonds is 2. The highest BCUT2D eigenvalue weighted by Crippen LogP contribution is 2.30. The van der Waals surface area contributed by atoms with Crippen molar-refractivity contribution in [2.75, 3.05) is 0 Å². The number of nitrogens with two attached hydrogens (primary N) is 1. The number of benzene rings is 1. The van der Waals surface area contributed by atoms with Gasteiger partial charge in [0.05, 0.1) is 11.6 Å². The van der Waals surface area contributed by atoms with Gasteiger partial charge in [-0.15, -0.1) is 0 Å². The molecular weight excluding hydrogens is 217 g/mol. The zero-order valence-electron chi connectivity index (χ0n) is 7.43. The lowest BCUT2D eigenvalue weighted by molar-refractivity contribution is -0.137. The van der Waals surface area contributed by atoms with Crippen LogP contribution in [0.4, 0.5) is 22.0 Å². The summed E-state index contributed by atoms with van der Waals surface area (Å²) in [5.41, 5.74) is 4.17. The lowest BCUT2D eigenvalue weighted by Crippen LogP contribution is -2.19. The molecular formula is C9H8F5N. The quantitative estimate of drug-likeness (QED) is 0.769. The third kappa shape index (κ3) is 2.89. The number of alkyl halides is 5. The second kappa shape index (κ2) is 4.14. The summed E-state index contributed by atoms with van der Waals surface area (Å²) >= 11 is 0. The van der Waals surface area contributed by atoms with E-state index in [1.165, 1.54) is 0 Å². The minimum absolute atomic E-state index is 0.0157. The average Bonchev–Trinajstić information content (AvgIpc) is 2.15. The molecule has 0 amide bonds. The maximum absolute atomic E-state index is 12.1. The van der Waals surface area contributed by atoms with Gasteiger partial charge in [-0.05, 0) is 17.7 Å². The summed E-state index contributed by atoms with van der Waals surface area (Å²) in [6, 6.07) is 1.83. The van der Waals surface area contributed by atoms with Crippen LogP contribution in [0.2, 0.25) is 0 Å². The average molecular weight is 225 g/mol. The first kappa shape index (κ1) is 11.9. The molecule has 15 heavy (non-hydrogen) atoms. The molecule has 2 N–H and O–H groups in total. The molecule has 0 fully saturated rings. The first-order chi connectivity index (χ1) is 6.82. The Hall–Kier alpha value is -1.17. The zero-order valence-corrected chi connectivity index (χ0v) is 7.43. The molecule has 0 bridgehead atoms. The van der Waals surface area contributed by atoms with Gasteiger partial charge in [-0.3, -0.25) is 0 Å². The van der Waals surface area contributed by atoms with Gasteiger partial charge in [0.15, 0.2) is 0 Å². The van der Waals surface area contributed by atoms with Crippen molar-refractivity contribution in [2.24, 2.45) is 5.73 Å². The van der Waals surface area contributed by atoms with E-state index in [0.717, 1.165) is 24.3 Å². The number of hydrogen-bond donors (Lipinski definition) is 1. The molecule has 0 saturated carbocycles. The van der Waals surface area contributed by atoms with Crippen molar-refractivity contribution in [1.29, 1.82) is 0 Å². The molecule has 0 aliphatic heterocycles. The molecule has 1 atom stereocenters. The fraction of sp³-hybridized carbons (Fsp3) is 0.333. The molecule has 1 aromatic rings. The fourth-order valence-electron chi connectivity index (χ4n) is 1.04. The van der Waals surface area contributed by atoms with Gasteiger partial charge in [-0.25, -0.2) is 8.78 Å². The van der Waals surface area contributed by atoms with Gasteiger partial charge < -0.3 is 5.73 Å². The molecule has 1 aromatic carbocycles. The molecule has 0 spiro atoms. The van der Waals surface area contributed by atoms with Crippen LogP contribution in [0.3, 0.4) is 0 Å². The topological polar surface area (TPSA) is 26.0 Å². The fourth-order valence-corrected chi connectivity index (χ4v) is 1.04. The van der Waals surface area contributed by atoms with Crippen LogP contribution in [0.1, 0.15) is 17.2 Å². The van der Waals surface area contributed by atoms with Crippen molar-refractivity contribution < 1.29 is 22.0 Å². The first-order valence-electron chi connectivity index (χ1n) is 4.03. The Labute approximate surface area is 82.7 Å². The first-order valence-corrected chi connectivity index (χ1v) is 4.03. The van der Waals surface area contributed by atoms with E-state index in [1.54, 1.807) is 0 Å². The summed E-state index contributed by atoms with van der Waals surface area (Å²) < 4.78 is 60.5. The molecule has 1 rings (SSSR count). The van der Waals surface area contributed by atoms with Crippen molar-refractivity contribution in [1.82, 2.24) is 0 Å². The summed E-state index contributed by atoms with van der Waals surface area (Å²) in [4.78, 5) is 0. The molecule has 0 aliphatic rings. The van der Waals surface area contributed by atoms with E-state index >= 15 is 0 Å². The number of halogens is 5. The molecule has 0 radical (unpaired) electrons. The monoisotopic (exact) mass is 225 g/mol. The normalized spacial score (nSPS) is 14.3. The third-order valence-electron chi connectivity index (χ3n) is 1.89. The smallest absolute Gasteiger partial charge is 0.319 e. The molecule has 0 aromatic heterocycles. The van der Waals surface area contributed by atoms with Crippen LogP contribution in [0.15, 0.2) is 24.3 Å². The molecule has 0 saturated heterocycles. The van der Waals surface area contributed by atoms with Gasteiger partial charge in [0.25, 0.3) is 6.43 Å². The standard InChI is InChI=1S/C9H8F5N/c10-8(11)7(15)5-1-3-6(4-2-5)9(12,13)14/h1-4,7-8H,15H2/t7-/m1/s1. The Morgan fingerprint density at radius 3 is 1.80 bits per heavy atom. The second-order valence-corrected chi connectivity index (χ2v) is 2.98. The van der Waals surface area contributed by atoms with Gasteiger partial charge in [0, 0.05) is 0 Å². The van der Waals surface area contributed by atoms with E-state index < -0.39 is 24.2 Å². The van der Waals surface area contributed by atoms with Crippen molar-refractivity contribution in [3.05, 3.63) is 35.4 Å². The van der Waals surface area contributed by atoms with E-state index in [4.69, 9.17) is 5.73 Å². The van der Waals surface area contributed by atoms with Crippen molar-refractivity contribution in [2.45, 2.75) is 18.6 Å². The number of hydrogen-bond acceptors (Lipinski definition) is 1. The van der Waals surface area contributed by atoms with E-state index in [1.807, 2.05) is 0 Å². The Kier molecular flexibility index (Phi) is 3.28. The summed E-state index contributed by atoms with van der Waals surface area (Å²) in [6.45, 7) is 0. The van der Waals surface area contributed by atoms with Crippen LogP contribution in [0.25, 0.3) is 0 Å². The van der Waals surface area contributed by atoms with Crippen LogP contribution in [-0.4, -0.2) is 6.43 Å². The predicted molar refractivity (Wildman–Crippen MR) is 44.4 cm³/mol. The highest BCUT2D eigenvalue weighted by molar-refractivity contribution is 5.26. The van der Waals surface area contributed by atoms with Gasteiger partial charge in [-0.1, -0.05) is 12.1 Å². The van der Waals surface area contributed by atoms with Gasteiger partial charge in [0.1, 0.15) is 0 Å². The van der Waals surface area contributed by atoms with Gasteiger partial charge in [0.2, 0.25) is 0 Å². The Morgan fingerprint density at radius 1 is 1.00 bits per heavy atom. The van der Waals surface area contributed by atoms with E-state index in [-0.39, 0.29) is 5.56 Å². The summed E-state index contributed by atoms with van der Waals surface area (Å²) in [6.07, 6.45) is -7.25. The summed E-state index contributed by atoms with van der Waals surface area (Å²) in [5, 5.41) is 0. The molecule has 0 unspecified atom stereocenters. The summed E-state index contributed by atoms with van der Waals surface area (Å²) in [7, 11) is 0. The van der Waals surface area contributed by atoms with Crippen molar-refractivity contribution >= 4 is 0 Å². The highest BCUT2D eigenvalue weighted by Gasteiger charge is 2.30. The molecule has 84 valence electrons. The van der Waals surface area contributed by atoms with Crippen molar-refractivity contribution in [3.63, 3.8) is 0 Å². The molecule has 1 nitrogen and oxygen atoms in total. The van der Waals surface area contributed by atoms with Gasteiger partial charge >= 0.3 is 6.18 Å². The van der Waals surface area contributed by atoms with Gasteiger partial charge in [-0.2, -0.15) is 13.2 Å². The largest absolute Gasteiger partial charge is 0.416 e. The Balaban J connectivity index is 2.91. The molecule has 0 heterocycles. The van der Waals surface area contributed by atoms with Crippen LogP contribution in [0, 0.1) is 0 Å².